The third kappa shape index (κ3) is 4.23. The average Bonchev–Trinajstić information content (AvgIpc) is 2.27. The van der Waals surface area contributed by atoms with E-state index in [1.54, 1.807) is 0 Å². The Kier molecular flexibility index (Phi) is 4.50. The van der Waals surface area contributed by atoms with Crippen molar-refractivity contribution in [1.82, 2.24) is 5.32 Å². The summed E-state index contributed by atoms with van der Waals surface area (Å²) in [5.74, 6) is 0.571. The van der Waals surface area contributed by atoms with Crippen LogP contribution in [0.2, 0.25) is 0 Å². The molecule has 0 atom stereocenters. The minimum absolute atomic E-state index is 0.176. The Morgan fingerprint density at radius 1 is 1.21 bits per heavy atom. The second-order valence-corrected chi connectivity index (χ2v) is 5.39. The number of hydrogen-bond donors (Lipinski definition) is 1. The summed E-state index contributed by atoms with van der Waals surface area (Å²) in [5.41, 5.74) is 2.69. The molecule has 0 heterocycles. The topological polar surface area (TPSA) is 12.0 Å². The van der Waals surface area contributed by atoms with E-state index in [1.165, 1.54) is 11.1 Å². The summed E-state index contributed by atoms with van der Waals surface area (Å²) < 4.78 is 35.9. The van der Waals surface area contributed by atoms with Crippen molar-refractivity contribution < 1.29 is 13.2 Å². The third-order valence-corrected chi connectivity index (χ3v) is 3.84. The SMILES string of the molecule is Cc1ccccc1C1CC(NCCCC(F)(F)F)C1. The summed E-state index contributed by atoms with van der Waals surface area (Å²) >= 11 is 0. The molecule has 1 nitrogen and oxygen atoms in total. The van der Waals surface area contributed by atoms with Gasteiger partial charge in [-0.1, -0.05) is 24.3 Å². The minimum atomic E-state index is -4.02. The number of aryl methyl sites for hydroxylation is 1. The van der Waals surface area contributed by atoms with Crippen LogP contribution in [-0.2, 0) is 0 Å². The van der Waals surface area contributed by atoms with Crippen LogP contribution in [0, 0.1) is 6.92 Å². The fourth-order valence-corrected chi connectivity index (χ4v) is 2.68. The number of nitrogens with one attached hydrogen (secondary N) is 1. The Morgan fingerprint density at radius 2 is 1.89 bits per heavy atom. The van der Waals surface area contributed by atoms with Crippen LogP contribution in [0.25, 0.3) is 0 Å². The van der Waals surface area contributed by atoms with Crippen molar-refractivity contribution in [3.63, 3.8) is 0 Å². The van der Waals surface area contributed by atoms with Gasteiger partial charge in [-0.25, -0.2) is 0 Å². The molecule has 0 radical (unpaired) electrons. The van der Waals surface area contributed by atoms with E-state index in [2.05, 4.69) is 24.4 Å². The second-order valence-electron chi connectivity index (χ2n) is 5.39. The smallest absolute Gasteiger partial charge is 0.314 e. The van der Waals surface area contributed by atoms with E-state index in [4.69, 9.17) is 0 Å². The van der Waals surface area contributed by atoms with Gasteiger partial charge in [0.05, 0.1) is 0 Å². The fraction of sp³-hybridized carbons (Fsp3) is 0.600. The van der Waals surface area contributed by atoms with E-state index in [0.717, 1.165) is 12.8 Å². The fourth-order valence-electron chi connectivity index (χ4n) is 2.68. The zero-order valence-corrected chi connectivity index (χ0v) is 11.1. The predicted octanol–water partition coefficient (Wildman–Crippen LogP) is 4.17. The number of rotatable bonds is 5. The lowest BCUT2D eigenvalue weighted by atomic mass is 9.74. The van der Waals surface area contributed by atoms with Crippen molar-refractivity contribution in [3.05, 3.63) is 35.4 Å². The first-order valence-electron chi connectivity index (χ1n) is 6.81. The molecule has 1 N–H and O–H groups in total. The van der Waals surface area contributed by atoms with Crippen LogP contribution >= 0.6 is 0 Å². The van der Waals surface area contributed by atoms with Crippen LogP contribution in [-0.4, -0.2) is 18.8 Å². The van der Waals surface area contributed by atoms with Crippen LogP contribution in [0.4, 0.5) is 13.2 Å². The van der Waals surface area contributed by atoms with Crippen molar-refractivity contribution in [2.45, 2.75) is 50.7 Å². The van der Waals surface area contributed by atoms with Gasteiger partial charge < -0.3 is 5.32 Å². The molecule has 1 saturated carbocycles. The molecule has 0 aliphatic heterocycles. The number of alkyl halides is 3. The van der Waals surface area contributed by atoms with Gasteiger partial charge in [0.25, 0.3) is 0 Å². The Hall–Kier alpha value is -1.03. The average molecular weight is 271 g/mol. The first-order chi connectivity index (χ1) is 8.96. The van der Waals surface area contributed by atoms with Gasteiger partial charge in [0, 0.05) is 12.5 Å². The van der Waals surface area contributed by atoms with Gasteiger partial charge in [0.15, 0.2) is 0 Å². The molecule has 1 fully saturated rings. The molecule has 2 rings (SSSR count). The molecule has 1 aromatic rings. The van der Waals surface area contributed by atoms with Gasteiger partial charge in [0.1, 0.15) is 0 Å². The van der Waals surface area contributed by atoms with Crippen molar-refractivity contribution in [2.24, 2.45) is 0 Å². The number of hydrogen-bond acceptors (Lipinski definition) is 1. The molecule has 0 saturated heterocycles. The van der Waals surface area contributed by atoms with E-state index in [9.17, 15) is 13.2 Å². The lowest BCUT2D eigenvalue weighted by Gasteiger charge is -2.37. The van der Waals surface area contributed by atoms with Crippen LogP contribution in [0.1, 0.15) is 42.7 Å². The standard InChI is InChI=1S/C15H20F3N/c1-11-5-2-3-6-14(11)12-9-13(10-12)19-8-4-7-15(16,17)18/h2-3,5-6,12-13,19H,4,7-10H2,1H3. The lowest BCUT2D eigenvalue weighted by Crippen LogP contribution is -2.40. The molecule has 1 aliphatic carbocycles. The lowest BCUT2D eigenvalue weighted by molar-refractivity contribution is -0.135. The largest absolute Gasteiger partial charge is 0.389 e. The van der Waals surface area contributed by atoms with Crippen LogP contribution in [0.3, 0.4) is 0 Å². The highest BCUT2D eigenvalue weighted by Gasteiger charge is 2.31. The molecule has 19 heavy (non-hydrogen) atoms. The Morgan fingerprint density at radius 3 is 2.53 bits per heavy atom. The first-order valence-corrected chi connectivity index (χ1v) is 6.81. The molecule has 0 amide bonds. The van der Waals surface area contributed by atoms with E-state index >= 15 is 0 Å². The normalized spacial score (nSPS) is 23.2. The number of benzene rings is 1. The van der Waals surface area contributed by atoms with Crippen molar-refractivity contribution >= 4 is 0 Å². The summed E-state index contributed by atoms with van der Waals surface area (Å²) in [6, 6.07) is 8.73. The highest BCUT2D eigenvalue weighted by atomic mass is 19.4. The summed E-state index contributed by atoms with van der Waals surface area (Å²) in [6.45, 7) is 2.57. The van der Waals surface area contributed by atoms with Gasteiger partial charge >= 0.3 is 6.18 Å². The summed E-state index contributed by atoms with van der Waals surface area (Å²) in [7, 11) is 0. The zero-order chi connectivity index (χ0) is 13.9. The molecular formula is C15H20F3N. The Balaban J connectivity index is 1.66. The van der Waals surface area contributed by atoms with Gasteiger partial charge in [-0.2, -0.15) is 13.2 Å². The molecule has 106 valence electrons. The van der Waals surface area contributed by atoms with Crippen LogP contribution in [0.15, 0.2) is 24.3 Å². The molecule has 0 unspecified atom stereocenters. The maximum atomic E-state index is 12.0. The van der Waals surface area contributed by atoms with Crippen molar-refractivity contribution in [3.8, 4) is 0 Å². The molecular weight excluding hydrogens is 251 g/mol. The molecule has 1 aliphatic rings. The maximum Gasteiger partial charge on any atom is 0.389 e. The van der Waals surface area contributed by atoms with Crippen LogP contribution in [0.5, 0.6) is 0 Å². The van der Waals surface area contributed by atoms with Crippen molar-refractivity contribution in [1.29, 1.82) is 0 Å². The minimum Gasteiger partial charge on any atom is -0.314 e. The maximum absolute atomic E-state index is 12.0. The molecule has 0 bridgehead atoms. The molecule has 0 spiro atoms. The number of halogens is 3. The molecule has 4 heteroatoms. The molecule has 0 aromatic heterocycles. The van der Waals surface area contributed by atoms with Gasteiger partial charge in [-0.15, -0.1) is 0 Å². The van der Waals surface area contributed by atoms with Crippen molar-refractivity contribution in [2.75, 3.05) is 6.54 Å². The van der Waals surface area contributed by atoms with Crippen LogP contribution < -0.4 is 5.32 Å². The van der Waals surface area contributed by atoms with E-state index in [1.807, 2.05) is 12.1 Å². The predicted molar refractivity (Wildman–Crippen MR) is 70.2 cm³/mol. The Bertz CT molecular complexity index is 408. The highest BCUT2D eigenvalue weighted by molar-refractivity contribution is 5.31. The second kappa shape index (κ2) is 5.95. The summed E-state index contributed by atoms with van der Waals surface area (Å²) in [5, 5.41) is 3.21. The zero-order valence-electron chi connectivity index (χ0n) is 11.1. The van der Waals surface area contributed by atoms with Gasteiger partial charge in [0.2, 0.25) is 0 Å². The first kappa shape index (κ1) is 14.4. The van der Waals surface area contributed by atoms with E-state index in [-0.39, 0.29) is 6.42 Å². The third-order valence-electron chi connectivity index (χ3n) is 3.84. The summed E-state index contributed by atoms with van der Waals surface area (Å²) in [4.78, 5) is 0. The molecule has 1 aromatic carbocycles. The highest BCUT2D eigenvalue weighted by Crippen LogP contribution is 2.38. The quantitative estimate of drug-likeness (QED) is 0.792. The van der Waals surface area contributed by atoms with Gasteiger partial charge in [-0.05, 0) is 49.8 Å². The monoisotopic (exact) mass is 271 g/mol. The van der Waals surface area contributed by atoms with E-state index in [0.29, 0.717) is 18.5 Å². The summed E-state index contributed by atoms with van der Waals surface area (Å²) in [6.07, 6.45) is -2.46. The van der Waals surface area contributed by atoms with E-state index < -0.39 is 12.6 Å². The van der Waals surface area contributed by atoms with Gasteiger partial charge in [-0.3, -0.25) is 0 Å². The Labute approximate surface area is 112 Å².